The van der Waals surface area contributed by atoms with E-state index >= 15 is 0 Å². The van der Waals surface area contributed by atoms with E-state index in [0.29, 0.717) is 18.9 Å². The van der Waals surface area contributed by atoms with Crippen LogP contribution >= 0.6 is 0 Å². The Labute approximate surface area is 104 Å². The van der Waals surface area contributed by atoms with Crippen LogP contribution in [0.3, 0.4) is 0 Å². The molecule has 0 fully saturated rings. The molecule has 0 saturated carbocycles. The van der Waals surface area contributed by atoms with E-state index in [-0.39, 0.29) is 11.7 Å². The van der Waals surface area contributed by atoms with Crippen LogP contribution in [-0.2, 0) is 0 Å². The van der Waals surface area contributed by atoms with Gasteiger partial charge in [-0.15, -0.1) is 0 Å². The van der Waals surface area contributed by atoms with Gasteiger partial charge in [0.1, 0.15) is 5.82 Å². The zero-order valence-electron chi connectivity index (χ0n) is 10.2. The molecular formula is C10H15N5O3. The van der Waals surface area contributed by atoms with Gasteiger partial charge in [0.05, 0.1) is 11.0 Å². The van der Waals surface area contributed by atoms with Crippen LogP contribution in [0, 0.1) is 10.1 Å². The molecule has 8 nitrogen and oxygen atoms in total. The van der Waals surface area contributed by atoms with Crippen LogP contribution in [-0.4, -0.2) is 48.0 Å². The molecule has 1 aromatic rings. The highest BCUT2D eigenvalue weighted by Gasteiger charge is 2.06. The van der Waals surface area contributed by atoms with Crippen LogP contribution in [0.15, 0.2) is 18.3 Å². The van der Waals surface area contributed by atoms with Crippen molar-refractivity contribution in [2.45, 2.75) is 0 Å². The third kappa shape index (κ3) is 4.24. The number of aromatic nitrogens is 1. The second-order valence-corrected chi connectivity index (χ2v) is 3.71. The number of amides is 2. The van der Waals surface area contributed by atoms with E-state index < -0.39 is 4.92 Å². The Morgan fingerprint density at radius 1 is 1.50 bits per heavy atom. The highest BCUT2D eigenvalue weighted by Crippen LogP contribution is 2.13. The summed E-state index contributed by atoms with van der Waals surface area (Å²) < 4.78 is 0. The summed E-state index contributed by atoms with van der Waals surface area (Å²) in [5, 5.41) is 16.1. The van der Waals surface area contributed by atoms with Gasteiger partial charge in [0.25, 0.3) is 5.69 Å². The van der Waals surface area contributed by atoms with Gasteiger partial charge < -0.3 is 15.5 Å². The van der Waals surface area contributed by atoms with E-state index in [0.717, 1.165) is 0 Å². The summed E-state index contributed by atoms with van der Waals surface area (Å²) in [7, 11) is 3.29. The molecule has 98 valence electrons. The lowest BCUT2D eigenvalue weighted by Gasteiger charge is -2.12. The SMILES string of the molecule is CN(C)C(=O)NCCNc1cc([N+](=O)[O-])ccn1. The summed E-state index contributed by atoms with van der Waals surface area (Å²) in [6.07, 6.45) is 1.36. The smallest absolute Gasteiger partial charge is 0.316 e. The number of nitrogens with one attached hydrogen (secondary N) is 2. The van der Waals surface area contributed by atoms with E-state index in [1.165, 1.54) is 23.2 Å². The molecule has 2 amide bonds. The molecule has 0 bridgehead atoms. The predicted octanol–water partition coefficient (Wildman–Crippen LogP) is 0.673. The number of nitrogens with zero attached hydrogens (tertiary/aromatic N) is 3. The highest BCUT2D eigenvalue weighted by atomic mass is 16.6. The summed E-state index contributed by atoms with van der Waals surface area (Å²) in [5.41, 5.74) is -0.0233. The molecule has 0 aromatic carbocycles. The lowest BCUT2D eigenvalue weighted by atomic mass is 10.4. The summed E-state index contributed by atoms with van der Waals surface area (Å²) >= 11 is 0. The van der Waals surface area contributed by atoms with Crippen molar-refractivity contribution in [1.29, 1.82) is 0 Å². The molecule has 0 unspecified atom stereocenters. The molecule has 2 N–H and O–H groups in total. The fourth-order valence-electron chi connectivity index (χ4n) is 1.15. The van der Waals surface area contributed by atoms with Gasteiger partial charge in [0.15, 0.2) is 0 Å². The molecule has 0 radical (unpaired) electrons. The molecule has 8 heteroatoms. The van der Waals surface area contributed by atoms with Crippen molar-refractivity contribution in [3.05, 3.63) is 28.4 Å². The number of nitro groups is 1. The first-order valence-corrected chi connectivity index (χ1v) is 5.30. The molecular weight excluding hydrogens is 238 g/mol. The summed E-state index contributed by atoms with van der Waals surface area (Å²) in [6.45, 7) is 0.842. The number of carbonyl (C=O) groups is 1. The predicted molar refractivity (Wildman–Crippen MR) is 66.5 cm³/mol. The van der Waals surface area contributed by atoms with Crippen LogP contribution in [0.25, 0.3) is 0 Å². The summed E-state index contributed by atoms with van der Waals surface area (Å²) in [4.78, 5) is 26.6. The maximum absolute atomic E-state index is 11.2. The number of rotatable bonds is 5. The molecule has 18 heavy (non-hydrogen) atoms. The van der Waals surface area contributed by atoms with Crippen molar-refractivity contribution in [3.63, 3.8) is 0 Å². The van der Waals surface area contributed by atoms with E-state index in [1.54, 1.807) is 14.1 Å². The average Bonchev–Trinajstić information content (AvgIpc) is 2.34. The summed E-state index contributed by atoms with van der Waals surface area (Å²) in [6, 6.07) is 2.47. The monoisotopic (exact) mass is 253 g/mol. The number of pyridine rings is 1. The lowest BCUT2D eigenvalue weighted by molar-refractivity contribution is -0.384. The third-order valence-corrected chi connectivity index (χ3v) is 2.07. The number of carbonyl (C=O) groups excluding carboxylic acids is 1. The third-order valence-electron chi connectivity index (χ3n) is 2.07. The zero-order chi connectivity index (χ0) is 13.5. The Morgan fingerprint density at radius 2 is 2.22 bits per heavy atom. The van der Waals surface area contributed by atoms with Gasteiger partial charge in [-0.25, -0.2) is 9.78 Å². The first kappa shape index (κ1) is 13.7. The Balaban J connectivity index is 2.38. The Kier molecular flexibility index (Phi) is 4.85. The topological polar surface area (TPSA) is 100 Å². The standard InChI is InChI=1S/C10H15N5O3/c1-14(2)10(16)13-6-5-12-9-7-8(15(17)18)3-4-11-9/h3-4,7H,5-6H2,1-2H3,(H,11,12)(H,13,16). The normalized spacial score (nSPS) is 9.67. The Morgan fingerprint density at radius 3 is 2.83 bits per heavy atom. The molecule has 0 atom stereocenters. The van der Waals surface area contributed by atoms with Crippen molar-refractivity contribution in [1.82, 2.24) is 15.2 Å². The summed E-state index contributed by atoms with van der Waals surface area (Å²) in [5.74, 6) is 0.406. The molecule has 1 heterocycles. The van der Waals surface area contributed by atoms with Gasteiger partial charge in [-0.05, 0) is 0 Å². The first-order valence-electron chi connectivity index (χ1n) is 5.30. The van der Waals surface area contributed by atoms with Crippen molar-refractivity contribution in [2.24, 2.45) is 0 Å². The number of urea groups is 1. The van der Waals surface area contributed by atoms with Gasteiger partial charge in [0.2, 0.25) is 0 Å². The zero-order valence-corrected chi connectivity index (χ0v) is 10.2. The fourth-order valence-corrected chi connectivity index (χ4v) is 1.15. The second kappa shape index (κ2) is 6.38. The van der Waals surface area contributed by atoms with E-state index in [9.17, 15) is 14.9 Å². The van der Waals surface area contributed by atoms with Gasteiger partial charge in [0, 0.05) is 39.4 Å². The quantitative estimate of drug-likeness (QED) is 0.456. The molecule has 0 aliphatic carbocycles. The van der Waals surface area contributed by atoms with E-state index in [4.69, 9.17) is 0 Å². The Hall–Kier alpha value is -2.38. The van der Waals surface area contributed by atoms with Gasteiger partial charge in [-0.1, -0.05) is 0 Å². The highest BCUT2D eigenvalue weighted by molar-refractivity contribution is 5.73. The molecule has 1 aromatic heterocycles. The minimum Gasteiger partial charge on any atom is -0.368 e. The van der Waals surface area contributed by atoms with Crippen molar-refractivity contribution < 1.29 is 9.72 Å². The van der Waals surface area contributed by atoms with Crippen LogP contribution in [0.1, 0.15) is 0 Å². The van der Waals surface area contributed by atoms with Gasteiger partial charge in [-0.3, -0.25) is 10.1 Å². The minimum atomic E-state index is -0.485. The van der Waals surface area contributed by atoms with Crippen molar-refractivity contribution >= 4 is 17.5 Å². The van der Waals surface area contributed by atoms with Gasteiger partial charge in [-0.2, -0.15) is 0 Å². The molecule has 0 aliphatic rings. The van der Waals surface area contributed by atoms with Crippen LogP contribution < -0.4 is 10.6 Å². The largest absolute Gasteiger partial charge is 0.368 e. The second-order valence-electron chi connectivity index (χ2n) is 3.71. The number of anilines is 1. The van der Waals surface area contributed by atoms with Crippen molar-refractivity contribution in [2.75, 3.05) is 32.5 Å². The first-order chi connectivity index (χ1) is 8.50. The van der Waals surface area contributed by atoms with E-state index in [2.05, 4.69) is 15.6 Å². The maximum atomic E-state index is 11.2. The van der Waals surface area contributed by atoms with Crippen LogP contribution in [0.4, 0.5) is 16.3 Å². The molecule has 1 rings (SSSR count). The minimum absolute atomic E-state index is 0.0233. The van der Waals surface area contributed by atoms with Gasteiger partial charge >= 0.3 is 6.03 Å². The molecule has 0 spiro atoms. The Bertz CT molecular complexity index is 435. The maximum Gasteiger partial charge on any atom is 0.316 e. The number of hydrogen-bond donors (Lipinski definition) is 2. The average molecular weight is 253 g/mol. The molecule has 0 saturated heterocycles. The van der Waals surface area contributed by atoms with Crippen LogP contribution in [0.2, 0.25) is 0 Å². The fraction of sp³-hybridized carbons (Fsp3) is 0.400. The number of hydrogen-bond acceptors (Lipinski definition) is 5. The van der Waals surface area contributed by atoms with Crippen LogP contribution in [0.5, 0.6) is 0 Å². The molecule has 0 aliphatic heterocycles. The van der Waals surface area contributed by atoms with Crippen molar-refractivity contribution in [3.8, 4) is 0 Å². The lowest BCUT2D eigenvalue weighted by Crippen LogP contribution is -2.37. The van der Waals surface area contributed by atoms with E-state index in [1.807, 2.05) is 0 Å².